The molecule has 0 bridgehead atoms. The van der Waals surface area contributed by atoms with Gasteiger partial charge < -0.3 is 14.8 Å². The summed E-state index contributed by atoms with van der Waals surface area (Å²) in [5.41, 5.74) is 3.25. The van der Waals surface area contributed by atoms with Crippen LogP contribution in [0.15, 0.2) is 36.4 Å². The van der Waals surface area contributed by atoms with Gasteiger partial charge in [-0.2, -0.15) is 0 Å². The second-order valence-corrected chi connectivity index (χ2v) is 5.56. The molecule has 3 rings (SSSR count). The van der Waals surface area contributed by atoms with E-state index in [9.17, 15) is 0 Å². The van der Waals surface area contributed by atoms with Gasteiger partial charge in [-0.3, -0.25) is 0 Å². The Morgan fingerprint density at radius 3 is 2.67 bits per heavy atom. The molecule has 3 nitrogen and oxygen atoms in total. The summed E-state index contributed by atoms with van der Waals surface area (Å²) in [5.74, 6) is 1.62. The molecule has 1 aliphatic rings. The maximum atomic E-state index is 6.14. The third kappa shape index (κ3) is 3.42. The van der Waals surface area contributed by atoms with E-state index < -0.39 is 0 Å². The summed E-state index contributed by atoms with van der Waals surface area (Å²) >= 11 is 6.14. The fraction of sp³-hybridized carbons (Fsp3) is 0.294. The van der Waals surface area contributed by atoms with Crippen molar-refractivity contribution in [1.29, 1.82) is 0 Å². The lowest BCUT2D eigenvalue weighted by Gasteiger charge is -2.11. The Balaban J connectivity index is 1.70. The molecule has 0 radical (unpaired) electrons. The van der Waals surface area contributed by atoms with Crippen molar-refractivity contribution >= 4 is 17.3 Å². The number of nitrogens with one attached hydrogen (secondary N) is 1. The van der Waals surface area contributed by atoms with E-state index in [2.05, 4.69) is 11.4 Å². The van der Waals surface area contributed by atoms with Gasteiger partial charge in [0.05, 0.1) is 13.2 Å². The van der Waals surface area contributed by atoms with Crippen LogP contribution in [0, 0.1) is 6.92 Å². The molecule has 0 atom stereocenters. The Morgan fingerprint density at radius 1 is 1.05 bits per heavy atom. The van der Waals surface area contributed by atoms with Crippen molar-refractivity contribution in [2.45, 2.75) is 19.9 Å². The lowest BCUT2D eigenvalue weighted by Crippen LogP contribution is -2.00. The van der Waals surface area contributed by atoms with Crippen LogP contribution in [0.5, 0.6) is 11.5 Å². The van der Waals surface area contributed by atoms with Crippen LogP contribution in [0.4, 0.5) is 5.69 Å². The standard InChI is InChI=1S/C17H18ClNO2/c1-12-3-4-13(9-15(12)18)11-19-14-5-6-16-17(10-14)21-8-2-7-20-16/h3-6,9-10,19H,2,7-8,11H2,1H3. The number of ether oxygens (including phenoxy) is 2. The fourth-order valence-corrected chi connectivity index (χ4v) is 2.43. The predicted octanol–water partition coefficient (Wildman–Crippen LogP) is 4.42. The molecule has 2 aromatic rings. The largest absolute Gasteiger partial charge is 0.490 e. The lowest BCUT2D eigenvalue weighted by atomic mass is 10.1. The van der Waals surface area contributed by atoms with Crippen molar-refractivity contribution in [3.8, 4) is 11.5 Å². The van der Waals surface area contributed by atoms with Gasteiger partial charge in [0.1, 0.15) is 0 Å². The predicted molar refractivity (Wildman–Crippen MR) is 85.6 cm³/mol. The van der Waals surface area contributed by atoms with Crippen LogP contribution < -0.4 is 14.8 Å². The van der Waals surface area contributed by atoms with Crippen molar-refractivity contribution in [1.82, 2.24) is 0 Å². The maximum Gasteiger partial charge on any atom is 0.163 e. The summed E-state index contributed by atoms with van der Waals surface area (Å²) < 4.78 is 11.3. The first kappa shape index (κ1) is 14.1. The third-order valence-corrected chi connectivity index (χ3v) is 3.89. The number of halogens is 1. The Bertz CT molecular complexity index is 643. The van der Waals surface area contributed by atoms with E-state index in [1.165, 1.54) is 0 Å². The number of benzene rings is 2. The summed E-state index contributed by atoms with van der Waals surface area (Å²) in [5, 5.41) is 4.18. The van der Waals surface area contributed by atoms with E-state index in [1.807, 2.05) is 37.3 Å². The van der Waals surface area contributed by atoms with Crippen molar-refractivity contribution in [2.75, 3.05) is 18.5 Å². The van der Waals surface area contributed by atoms with Gasteiger partial charge in [-0.1, -0.05) is 23.7 Å². The molecule has 4 heteroatoms. The van der Waals surface area contributed by atoms with Crippen LogP contribution in [-0.4, -0.2) is 13.2 Å². The number of fused-ring (bicyclic) bond motifs is 1. The monoisotopic (exact) mass is 303 g/mol. The first-order valence-corrected chi connectivity index (χ1v) is 7.49. The molecule has 1 heterocycles. The van der Waals surface area contributed by atoms with Crippen LogP contribution in [0.3, 0.4) is 0 Å². The Hall–Kier alpha value is -1.87. The summed E-state index contributed by atoms with van der Waals surface area (Å²) in [7, 11) is 0. The van der Waals surface area contributed by atoms with Crippen LogP contribution in [0.1, 0.15) is 17.5 Å². The van der Waals surface area contributed by atoms with Crippen LogP contribution in [0.25, 0.3) is 0 Å². The zero-order chi connectivity index (χ0) is 14.7. The van der Waals surface area contributed by atoms with Crippen molar-refractivity contribution in [3.63, 3.8) is 0 Å². The van der Waals surface area contributed by atoms with E-state index in [4.69, 9.17) is 21.1 Å². The number of hydrogen-bond donors (Lipinski definition) is 1. The highest BCUT2D eigenvalue weighted by Gasteiger charge is 2.10. The topological polar surface area (TPSA) is 30.5 Å². The normalized spacial score (nSPS) is 13.6. The quantitative estimate of drug-likeness (QED) is 0.910. The third-order valence-electron chi connectivity index (χ3n) is 3.48. The minimum absolute atomic E-state index is 0.698. The minimum Gasteiger partial charge on any atom is -0.490 e. The molecule has 0 saturated carbocycles. The minimum atomic E-state index is 0.698. The molecule has 1 aliphatic heterocycles. The summed E-state index contributed by atoms with van der Waals surface area (Å²) in [6.07, 6.45) is 0.916. The molecule has 0 unspecified atom stereocenters. The summed E-state index contributed by atoms with van der Waals surface area (Å²) in [6.45, 7) is 4.13. The van der Waals surface area contributed by atoms with Gasteiger partial charge in [0.2, 0.25) is 0 Å². The maximum absolute atomic E-state index is 6.14. The number of aryl methyl sites for hydroxylation is 1. The summed E-state index contributed by atoms with van der Waals surface area (Å²) in [6, 6.07) is 12.0. The second-order valence-electron chi connectivity index (χ2n) is 5.15. The van der Waals surface area contributed by atoms with Gasteiger partial charge in [0.15, 0.2) is 11.5 Å². The molecule has 0 aromatic heterocycles. The molecule has 0 aliphatic carbocycles. The molecule has 0 saturated heterocycles. The molecule has 110 valence electrons. The first-order valence-electron chi connectivity index (χ1n) is 7.11. The second kappa shape index (κ2) is 6.27. The van der Waals surface area contributed by atoms with Gasteiger partial charge in [-0.15, -0.1) is 0 Å². The molecule has 2 aromatic carbocycles. The van der Waals surface area contributed by atoms with Crippen molar-refractivity contribution < 1.29 is 9.47 Å². The van der Waals surface area contributed by atoms with Crippen LogP contribution in [-0.2, 0) is 6.54 Å². The lowest BCUT2D eigenvalue weighted by molar-refractivity contribution is 0.297. The zero-order valence-corrected chi connectivity index (χ0v) is 12.7. The van der Waals surface area contributed by atoms with Crippen LogP contribution >= 0.6 is 11.6 Å². The molecular weight excluding hydrogens is 286 g/mol. The van der Waals surface area contributed by atoms with E-state index >= 15 is 0 Å². The molecule has 1 N–H and O–H groups in total. The highest BCUT2D eigenvalue weighted by Crippen LogP contribution is 2.32. The smallest absolute Gasteiger partial charge is 0.163 e. The van der Waals surface area contributed by atoms with E-state index in [1.54, 1.807) is 0 Å². The molecule has 21 heavy (non-hydrogen) atoms. The number of rotatable bonds is 3. The van der Waals surface area contributed by atoms with E-state index in [0.29, 0.717) is 13.2 Å². The average Bonchev–Trinajstić information content (AvgIpc) is 2.73. The molecule has 0 amide bonds. The molecule has 0 spiro atoms. The average molecular weight is 304 g/mol. The number of anilines is 1. The molecule has 0 fully saturated rings. The van der Waals surface area contributed by atoms with Crippen molar-refractivity contribution in [3.05, 3.63) is 52.5 Å². The van der Waals surface area contributed by atoms with Gasteiger partial charge in [-0.05, 0) is 36.2 Å². The Morgan fingerprint density at radius 2 is 1.86 bits per heavy atom. The SMILES string of the molecule is Cc1ccc(CNc2ccc3c(c2)OCCCO3)cc1Cl. The van der Waals surface area contributed by atoms with Crippen LogP contribution in [0.2, 0.25) is 5.02 Å². The van der Waals surface area contributed by atoms with E-state index in [-0.39, 0.29) is 0 Å². The van der Waals surface area contributed by atoms with Gasteiger partial charge in [-0.25, -0.2) is 0 Å². The first-order chi connectivity index (χ1) is 10.2. The highest BCUT2D eigenvalue weighted by atomic mass is 35.5. The zero-order valence-electron chi connectivity index (χ0n) is 12.0. The fourth-order valence-electron chi connectivity index (χ4n) is 2.22. The van der Waals surface area contributed by atoms with Crippen molar-refractivity contribution in [2.24, 2.45) is 0 Å². The Labute approximate surface area is 129 Å². The Kier molecular flexibility index (Phi) is 4.20. The van der Waals surface area contributed by atoms with E-state index in [0.717, 1.165) is 46.3 Å². The van der Waals surface area contributed by atoms with Gasteiger partial charge in [0.25, 0.3) is 0 Å². The van der Waals surface area contributed by atoms with Gasteiger partial charge >= 0.3 is 0 Å². The van der Waals surface area contributed by atoms with Gasteiger partial charge in [0, 0.05) is 29.7 Å². The molecular formula is C17H18ClNO2. The number of hydrogen-bond acceptors (Lipinski definition) is 3. The summed E-state index contributed by atoms with van der Waals surface area (Å²) in [4.78, 5) is 0. The highest BCUT2D eigenvalue weighted by molar-refractivity contribution is 6.31.